The summed E-state index contributed by atoms with van der Waals surface area (Å²) in [5.41, 5.74) is 0.877. The minimum atomic E-state index is -3.62. The fourth-order valence-corrected chi connectivity index (χ4v) is 3.18. The summed E-state index contributed by atoms with van der Waals surface area (Å²) < 4.78 is 39.3. The van der Waals surface area contributed by atoms with E-state index in [-0.39, 0.29) is 24.4 Å². The molecule has 1 atom stereocenters. The van der Waals surface area contributed by atoms with E-state index in [1.165, 1.54) is 7.11 Å². The summed E-state index contributed by atoms with van der Waals surface area (Å²) >= 11 is 0. The van der Waals surface area contributed by atoms with Gasteiger partial charge < -0.3 is 18.6 Å². The van der Waals surface area contributed by atoms with Crippen molar-refractivity contribution in [2.24, 2.45) is 0 Å². The third kappa shape index (κ3) is 5.96. The predicted molar refractivity (Wildman–Crippen MR) is 97.4 cm³/mol. The Balaban J connectivity index is 2.03. The van der Waals surface area contributed by atoms with Gasteiger partial charge in [-0.15, -0.1) is 0 Å². The number of carbonyl (C=O) groups excluding carboxylic acids is 1. The Kier molecular flexibility index (Phi) is 7.43. The van der Waals surface area contributed by atoms with E-state index >= 15 is 0 Å². The van der Waals surface area contributed by atoms with Crippen LogP contribution in [0.25, 0.3) is 0 Å². The van der Waals surface area contributed by atoms with Gasteiger partial charge in [-0.05, 0) is 44.4 Å². The van der Waals surface area contributed by atoms with E-state index in [2.05, 4.69) is 0 Å². The van der Waals surface area contributed by atoms with Crippen molar-refractivity contribution < 1.29 is 26.9 Å². The number of benzene rings is 1. The Bertz CT molecular complexity index is 680. The lowest BCUT2D eigenvalue weighted by Crippen LogP contribution is -2.38. The van der Waals surface area contributed by atoms with Crippen molar-refractivity contribution >= 4 is 16.0 Å². The quantitative estimate of drug-likeness (QED) is 0.605. The Labute approximate surface area is 155 Å². The second-order valence-electron chi connectivity index (χ2n) is 6.61. The van der Waals surface area contributed by atoms with Gasteiger partial charge in [-0.3, -0.25) is 4.79 Å². The van der Waals surface area contributed by atoms with Gasteiger partial charge in [0, 0.05) is 26.8 Å². The molecule has 1 fully saturated rings. The zero-order chi connectivity index (χ0) is 19.2. The number of rotatable bonds is 9. The van der Waals surface area contributed by atoms with Crippen molar-refractivity contribution in [2.45, 2.75) is 44.6 Å². The van der Waals surface area contributed by atoms with Gasteiger partial charge in [-0.25, -0.2) is 0 Å². The van der Waals surface area contributed by atoms with Crippen LogP contribution < -0.4 is 4.18 Å². The normalized spacial score (nSPS) is 17.5. The SMILES string of the molecule is COCC(=O)N(Cc1ccc(OS(=O)(=O)C(C)C)cc1)C[C@H]1CCCO1. The van der Waals surface area contributed by atoms with Crippen molar-refractivity contribution in [3.05, 3.63) is 29.8 Å². The van der Waals surface area contributed by atoms with Gasteiger partial charge in [-0.2, -0.15) is 8.42 Å². The standard InChI is InChI=1S/C18H27NO6S/c1-14(2)26(21,22)25-16-8-6-15(7-9-16)11-19(18(20)13-23-3)12-17-5-4-10-24-17/h6-9,14,17H,4-5,10-13H2,1-3H3/t17-/m1/s1. The van der Waals surface area contributed by atoms with Crippen molar-refractivity contribution in [3.8, 4) is 5.75 Å². The molecule has 1 aromatic carbocycles. The van der Waals surface area contributed by atoms with Gasteiger partial charge in [0.2, 0.25) is 5.91 Å². The Morgan fingerprint density at radius 1 is 1.31 bits per heavy atom. The molecule has 8 heteroatoms. The highest BCUT2D eigenvalue weighted by atomic mass is 32.2. The van der Waals surface area contributed by atoms with Crippen molar-refractivity contribution in [2.75, 3.05) is 26.9 Å². The third-order valence-electron chi connectivity index (χ3n) is 4.16. The number of hydrogen-bond acceptors (Lipinski definition) is 6. The molecule has 2 rings (SSSR count). The molecule has 1 amide bonds. The molecule has 1 heterocycles. The molecule has 26 heavy (non-hydrogen) atoms. The molecule has 1 aliphatic rings. The van der Waals surface area contributed by atoms with E-state index in [1.807, 2.05) is 0 Å². The molecule has 1 aromatic rings. The number of methoxy groups -OCH3 is 1. The van der Waals surface area contributed by atoms with Crippen LogP contribution in [0.15, 0.2) is 24.3 Å². The number of carbonyl (C=O) groups is 1. The van der Waals surface area contributed by atoms with Crippen LogP contribution in [-0.2, 0) is 30.9 Å². The molecule has 0 radical (unpaired) electrons. The van der Waals surface area contributed by atoms with E-state index in [9.17, 15) is 13.2 Å². The first-order chi connectivity index (χ1) is 12.3. The summed E-state index contributed by atoms with van der Waals surface area (Å²) in [6, 6.07) is 6.71. The van der Waals surface area contributed by atoms with Gasteiger partial charge >= 0.3 is 10.1 Å². The molecule has 1 saturated heterocycles. The van der Waals surface area contributed by atoms with Gasteiger partial charge in [0.15, 0.2) is 0 Å². The second-order valence-corrected chi connectivity index (χ2v) is 8.71. The van der Waals surface area contributed by atoms with E-state index in [4.69, 9.17) is 13.7 Å². The molecule has 0 spiro atoms. The maximum absolute atomic E-state index is 12.3. The van der Waals surface area contributed by atoms with Gasteiger partial charge in [0.25, 0.3) is 0 Å². The highest BCUT2D eigenvalue weighted by molar-refractivity contribution is 7.87. The summed E-state index contributed by atoms with van der Waals surface area (Å²) in [7, 11) is -2.13. The smallest absolute Gasteiger partial charge is 0.311 e. The lowest BCUT2D eigenvalue weighted by Gasteiger charge is -2.25. The van der Waals surface area contributed by atoms with Crippen LogP contribution in [0.3, 0.4) is 0 Å². The first-order valence-electron chi connectivity index (χ1n) is 8.72. The molecule has 0 aromatic heterocycles. The average molecular weight is 385 g/mol. The van der Waals surface area contributed by atoms with Crippen LogP contribution >= 0.6 is 0 Å². The van der Waals surface area contributed by atoms with Crippen LogP contribution in [0.2, 0.25) is 0 Å². The largest absolute Gasteiger partial charge is 0.382 e. The minimum Gasteiger partial charge on any atom is -0.382 e. The van der Waals surface area contributed by atoms with E-state index < -0.39 is 15.4 Å². The van der Waals surface area contributed by atoms with Crippen LogP contribution in [0.1, 0.15) is 32.3 Å². The van der Waals surface area contributed by atoms with Crippen molar-refractivity contribution in [1.82, 2.24) is 4.90 Å². The summed E-state index contributed by atoms with van der Waals surface area (Å²) in [5.74, 6) is 0.155. The lowest BCUT2D eigenvalue weighted by molar-refractivity contribution is -0.137. The monoisotopic (exact) mass is 385 g/mol. The number of nitrogens with zero attached hydrogens (tertiary/aromatic N) is 1. The highest BCUT2D eigenvalue weighted by Crippen LogP contribution is 2.19. The van der Waals surface area contributed by atoms with E-state index in [0.717, 1.165) is 25.0 Å². The molecule has 0 N–H and O–H groups in total. The molecule has 0 aliphatic carbocycles. The minimum absolute atomic E-state index is 0.0144. The lowest BCUT2D eigenvalue weighted by atomic mass is 10.1. The van der Waals surface area contributed by atoms with Crippen molar-refractivity contribution in [1.29, 1.82) is 0 Å². The maximum atomic E-state index is 12.3. The van der Waals surface area contributed by atoms with Crippen LogP contribution in [0, 0.1) is 0 Å². The van der Waals surface area contributed by atoms with Gasteiger partial charge in [0.1, 0.15) is 12.4 Å². The average Bonchev–Trinajstić information content (AvgIpc) is 3.09. The van der Waals surface area contributed by atoms with Gasteiger partial charge in [-0.1, -0.05) is 12.1 Å². The Morgan fingerprint density at radius 3 is 2.54 bits per heavy atom. The van der Waals surface area contributed by atoms with Crippen LogP contribution in [0.4, 0.5) is 0 Å². The number of ether oxygens (including phenoxy) is 2. The fraction of sp³-hybridized carbons (Fsp3) is 0.611. The van der Waals surface area contributed by atoms with Crippen molar-refractivity contribution in [3.63, 3.8) is 0 Å². The molecule has 0 saturated carbocycles. The summed E-state index contributed by atoms with van der Waals surface area (Å²) in [5, 5.41) is -0.615. The molecule has 0 bridgehead atoms. The first-order valence-corrected chi connectivity index (χ1v) is 10.2. The molecule has 7 nitrogen and oxygen atoms in total. The van der Waals surface area contributed by atoms with Crippen LogP contribution in [0.5, 0.6) is 5.75 Å². The highest BCUT2D eigenvalue weighted by Gasteiger charge is 2.23. The van der Waals surface area contributed by atoms with Gasteiger partial charge in [0.05, 0.1) is 11.4 Å². The van der Waals surface area contributed by atoms with E-state index in [1.54, 1.807) is 43.0 Å². The molecular formula is C18H27NO6S. The summed E-state index contributed by atoms with van der Waals surface area (Å²) in [6.45, 7) is 4.79. The third-order valence-corrected chi connectivity index (χ3v) is 5.73. The topological polar surface area (TPSA) is 82.1 Å². The number of amides is 1. The zero-order valence-electron chi connectivity index (χ0n) is 15.5. The van der Waals surface area contributed by atoms with Crippen LogP contribution in [-0.4, -0.2) is 57.4 Å². The van der Waals surface area contributed by atoms with E-state index in [0.29, 0.717) is 13.1 Å². The summed E-state index contributed by atoms with van der Waals surface area (Å²) in [6.07, 6.45) is 2.00. The molecule has 146 valence electrons. The molecular weight excluding hydrogens is 358 g/mol. The number of hydrogen-bond donors (Lipinski definition) is 0. The Hall–Kier alpha value is -1.64. The maximum Gasteiger partial charge on any atom is 0.311 e. The fourth-order valence-electron chi connectivity index (χ4n) is 2.60. The molecule has 0 unspecified atom stereocenters. The molecule has 1 aliphatic heterocycles. The predicted octanol–water partition coefficient (Wildman–Crippen LogP) is 1.96. The first kappa shape index (κ1) is 20.7. The summed E-state index contributed by atoms with van der Waals surface area (Å²) in [4.78, 5) is 14.0. The zero-order valence-corrected chi connectivity index (χ0v) is 16.3. The Morgan fingerprint density at radius 2 is 2.00 bits per heavy atom. The second kappa shape index (κ2) is 9.34.